The van der Waals surface area contributed by atoms with Gasteiger partial charge in [0.1, 0.15) is 0 Å². The van der Waals surface area contributed by atoms with Crippen LogP contribution < -0.4 is 5.32 Å². The molecule has 0 heterocycles. The zero-order valence-corrected chi connectivity index (χ0v) is 8.92. The Bertz CT molecular complexity index is 278. The molecule has 0 unspecified atom stereocenters. The molecule has 14 heavy (non-hydrogen) atoms. The molecule has 0 radical (unpaired) electrons. The number of unbranched alkanes of at least 4 members (excludes halogenated alkanes) is 1. The van der Waals surface area contributed by atoms with Gasteiger partial charge in [0, 0.05) is 6.54 Å². The molecule has 1 N–H and O–H groups in total. The van der Waals surface area contributed by atoms with Crippen molar-refractivity contribution in [3.8, 4) is 0 Å². The standard InChI is InChI=1S/C13H19N/c1-3-4-5-9-14-11-13-8-6-7-12(2)10-13/h3,6-8,10,14H,1,4-5,9,11H2,2H3. The summed E-state index contributed by atoms with van der Waals surface area (Å²) in [5.41, 5.74) is 2.69. The Morgan fingerprint density at radius 1 is 1.43 bits per heavy atom. The second kappa shape index (κ2) is 6.39. The second-order valence-electron chi connectivity index (χ2n) is 3.60. The van der Waals surface area contributed by atoms with Gasteiger partial charge in [-0.1, -0.05) is 35.9 Å². The van der Waals surface area contributed by atoms with E-state index in [-0.39, 0.29) is 0 Å². The summed E-state index contributed by atoms with van der Waals surface area (Å²) in [6.45, 7) is 7.87. The Balaban J connectivity index is 2.21. The van der Waals surface area contributed by atoms with E-state index in [0.29, 0.717) is 0 Å². The van der Waals surface area contributed by atoms with Gasteiger partial charge >= 0.3 is 0 Å². The molecule has 1 rings (SSSR count). The third kappa shape index (κ3) is 4.24. The quantitative estimate of drug-likeness (QED) is 0.535. The largest absolute Gasteiger partial charge is 0.313 e. The van der Waals surface area contributed by atoms with Gasteiger partial charge in [0.15, 0.2) is 0 Å². The van der Waals surface area contributed by atoms with Crippen LogP contribution in [0.5, 0.6) is 0 Å². The fourth-order valence-electron chi connectivity index (χ4n) is 1.43. The molecule has 76 valence electrons. The lowest BCUT2D eigenvalue weighted by atomic mass is 10.1. The fraction of sp³-hybridized carbons (Fsp3) is 0.385. The van der Waals surface area contributed by atoms with Crippen LogP contribution in [-0.2, 0) is 6.54 Å². The van der Waals surface area contributed by atoms with Gasteiger partial charge in [-0.15, -0.1) is 6.58 Å². The van der Waals surface area contributed by atoms with Crippen molar-refractivity contribution in [1.82, 2.24) is 5.32 Å². The first-order valence-electron chi connectivity index (χ1n) is 5.20. The van der Waals surface area contributed by atoms with Crippen molar-refractivity contribution >= 4 is 0 Å². The van der Waals surface area contributed by atoms with Gasteiger partial charge in [-0.2, -0.15) is 0 Å². The number of benzene rings is 1. The van der Waals surface area contributed by atoms with E-state index in [1.54, 1.807) is 0 Å². The molecule has 0 aromatic heterocycles. The number of nitrogens with one attached hydrogen (secondary N) is 1. The maximum atomic E-state index is 3.70. The van der Waals surface area contributed by atoms with Crippen molar-refractivity contribution < 1.29 is 0 Å². The first-order valence-corrected chi connectivity index (χ1v) is 5.20. The van der Waals surface area contributed by atoms with Crippen LogP contribution in [0.25, 0.3) is 0 Å². The molecule has 1 aromatic carbocycles. The van der Waals surface area contributed by atoms with Gasteiger partial charge in [-0.05, 0) is 31.9 Å². The van der Waals surface area contributed by atoms with E-state index in [0.717, 1.165) is 19.5 Å². The molecular weight excluding hydrogens is 170 g/mol. The minimum Gasteiger partial charge on any atom is -0.313 e. The lowest BCUT2D eigenvalue weighted by Crippen LogP contribution is -2.14. The minimum absolute atomic E-state index is 0.971. The molecule has 0 fully saturated rings. The van der Waals surface area contributed by atoms with Crippen molar-refractivity contribution in [1.29, 1.82) is 0 Å². The van der Waals surface area contributed by atoms with Gasteiger partial charge in [0.05, 0.1) is 0 Å². The molecule has 0 spiro atoms. The number of hydrogen-bond acceptors (Lipinski definition) is 1. The van der Waals surface area contributed by atoms with E-state index in [9.17, 15) is 0 Å². The monoisotopic (exact) mass is 189 g/mol. The highest BCUT2D eigenvalue weighted by Gasteiger charge is 1.91. The van der Waals surface area contributed by atoms with Gasteiger partial charge < -0.3 is 5.32 Å². The first-order chi connectivity index (χ1) is 6.83. The third-order valence-corrected chi connectivity index (χ3v) is 2.17. The topological polar surface area (TPSA) is 12.0 Å². The summed E-state index contributed by atoms with van der Waals surface area (Å²) in [4.78, 5) is 0. The Morgan fingerprint density at radius 3 is 3.00 bits per heavy atom. The number of rotatable bonds is 6. The van der Waals surface area contributed by atoms with Gasteiger partial charge in [-0.25, -0.2) is 0 Å². The first kappa shape index (κ1) is 11.0. The van der Waals surface area contributed by atoms with Crippen molar-refractivity contribution in [3.63, 3.8) is 0 Å². The molecule has 0 aliphatic heterocycles. The predicted molar refractivity (Wildman–Crippen MR) is 62.3 cm³/mol. The molecule has 1 aromatic rings. The number of aryl methyl sites for hydroxylation is 1. The fourth-order valence-corrected chi connectivity index (χ4v) is 1.43. The average Bonchev–Trinajstić information content (AvgIpc) is 2.18. The lowest BCUT2D eigenvalue weighted by Gasteiger charge is -2.04. The SMILES string of the molecule is C=CCCCNCc1cccc(C)c1. The average molecular weight is 189 g/mol. The van der Waals surface area contributed by atoms with Gasteiger partial charge in [0.2, 0.25) is 0 Å². The highest BCUT2D eigenvalue weighted by Crippen LogP contribution is 2.03. The summed E-state index contributed by atoms with van der Waals surface area (Å²) in [6.07, 6.45) is 4.24. The Labute approximate surface area is 86.8 Å². The summed E-state index contributed by atoms with van der Waals surface area (Å²) in [5.74, 6) is 0. The van der Waals surface area contributed by atoms with Gasteiger partial charge in [-0.3, -0.25) is 0 Å². The van der Waals surface area contributed by atoms with Crippen LogP contribution >= 0.6 is 0 Å². The van der Waals surface area contributed by atoms with Crippen molar-refractivity contribution in [3.05, 3.63) is 48.0 Å². The van der Waals surface area contributed by atoms with E-state index >= 15 is 0 Å². The van der Waals surface area contributed by atoms with Crippen molar-refractivity contribution in [2.45, 2.75) is 26.3 Å². The summed E-state index contributed by atoms with van der Waals surface area (Å²) >= 11 is 0. The maximum Gasteiger partial charge on any atom is 0.0205 e. The molecule has 0 bridgehead atoms. The van der Waals surface area contributed by atoms with E-state index < -0.39 is 0 Å². The molecule has 0 aliphatic carbocycles. The van der Waals surface area contributed by atoms with Crippen LogP contribution in [0, 0.1) is 6.92 Å². The lowest BCUT2D eigenvalue weighted by molar-refractivity contribution is 0.655. The zero-order chi connectivity index (χ0) is 10.2. The molecular formula is C13H19N. The summed E-state index contributed by atoms with van der Waals surface area (Å²) in [7, 11) is 0. The van der Waals surface area contributed by atoms with Crippen molar-refractivity contribution in [2.24, 2.45) is 0 Å². The Kier molecular flexibility index (Phi) is 5.02. The molecule has 1 heteroatoms. The van der Waals surface area contributed by atoms with Crippen LogP contribution in [0.2, 0.25) is 0 Å². The van der Waals surface area contributed by atoms with Crippen LogP contribution in [0.4, 0.5) is 0 Å². The Hall–Kier alpha value is -1.08. The second-order valence-corrected chi connectivity index (χ2v) is 3.60. The third-order valence-electron chi connectivity index (χ3n) is 2.17. The Morgan fingerprint density at radius 2 is 2.29 bits per heavy atom. The maximum absolute atomic E-state index is 3.70. The minimum atomic E-state index is 0.971. The molecule has 0 saturated carbocycles. The summed E-state index contributed by atoms with van der Waals surface area (Å²) < 4.78 is 0. The zero-order valence-electron chi connectivity index (χ0n) is 8.92. The van der Waals surface area contributed by atoms with Crippen molar-refractivity contribution in [2.75, 3.05) is 6.54 Å². The predicted octanol–water partition coefficient (Wildman–Crippen LogP) is 3.05. The van der Waals surface area contributed by atoms with Gasteiger partial charge in [0.25, 0.3) is 0 Å². The highest BCUT2D eigenvalue weighted by atomic mass is 14.8. The smallest absolute Gasteiger partial charge is 0.0205 e. The van der Waals surface area contributed by atoms with E-state index in [1.807, 2.05) is 6.08 Å². The molecule has 0 atom stereocenters. The van der Waals surface area contributed by atoms with Crippen LogP contribution in [0.15, 0.2) is 36.9 Å². The van der Waals surface area contributed by atoms with Crippen LogP contribution in [0.1, 0.15) is 24.0 Å². The van der Waals surface area contributed by atoms with Crippen LogP contribution in [-0.4, -0.2) is 6.54 Å². The normalized spacial score (nSPS) is 10.1. The van der Waals surface area contributed by atoms with E-state index in [1.165, 1.54) is 17.5 Å². The summed E-state index contributed by atoms with van der Waals surface area (Å²) in [6, 6.07) is 8.62. The molecule has 0 amide bonds. The van der Waals surface area contributed by atoms with E-state index in [2.05, 4.69) is 43.1 Å². The van der Waals surface area contributed by atoms with E-state index in [4.69, 9.17) is 0 Å². The molecule has 0 aliphatic rings. The number of allylic oxidation sites excluding steroid dienone is 1. The molecule has 1 nitrogen and oxygen atoms in total. The summed E-state index contributed by atoms with van der Waals surface area (Å²) in [5, 5.41) is 3.42. The number of hydrogen-bond donors (Lipinski definition) is 1. The van der Waals surface area contributed by atoms with Crippen LogP contribution in [0.3, 0.4) is 0 Å². The molecule has 0 saturated heterocycles. The highest BCUT2D eigenvalue weighted by molar-refractivity contribution is 5.21.